The summed E-state index contributed by atoms with van der Waals surface area (Å²) in [5.41, 5.74) is 0.929. The maximum Gasteiger partial charge on any atom is 0.264 e. The number of amides is 2. The van der Waals surface area contributed by atoms with Crippen molar-refractivity contribution in [3.05, 3.63) is 39.8 Å². The van der Waals surface area contributed by atoms with E-state index in [0.29, 0.717) is 26.2 Å². The van der Waals surface area contributed by atoms with Gasteiger partial charge in [0, 0.05) is 49.9 Å². The highest BCUT2D eigenvalue weighted by Gasteiger charge is 2.28. The molecule has 2 amide bonds. The van der Waals surface area contributed by atoms with Crippen LogP contribution >= 0.6 is 11.3 Å². The summed E-state index contributed by atoms with van der Waals surface area (Å²) in [6.07, 6.45) is 5.73. The van der Waals surface area contributed by atoms with Crippen LogP contribution in [0, 0.1) is 0 Å². The lowest BCUT2D eigenvalue weighted by atomic mass is 10.0. The smallest absolute Gasteiger partial charge is 0.264 e. The van der Waals surface area contributed by atoms with E-state index in [0.717, 1.165) is 23.3 Å². The molecule has 140 valence electrons. The Labute approximate surface area is 158 Å². The molecule has 0 saturated carbocycles. The summed E-state index contributed by atoms with van der Waals surface area (Å²) in [4.78, 5) is 31.2. The highest BCUT2D eigenvalue weighted by Crippen LogP contribution is 2.22. The summed E-state index contributed by atoms with van der Waals surface area (Å²) >= 11 is 1.59. The van der Waals surface area contributed by atoms with E-state index in [1.165, 1.54) is 4.88 Å². The summed E-state index contributed by atoms with van der Waals surface area (Å²) in [7, 11) is 1.85. The molecule has 1 fully saturated rings. The standard InChI is InChI=1S/C19H26N4O2S/c1-4-5-16-6-7-17(26-16)19(25)23-10-8-22(9-11-23)18(24)14(2)15-12-20-21(3)13-15/h6-7,12-14H,4-5,8-11H2,1-3H3. The molecule has 7 heteroatoms. The molecule has 1 aliphatic heterocycles. The molecule has 1 aliphatic rings. The summed E-state index contributed by atoms with van der Waals surface area (Å²) in [5.74, 6) is -0.0175. The Bertz CT molecular complexity index is 774. The zero-order valence-electron chi connectivity index (χ0n) is 15.6. The predicted octanol–water partition coefficient (Wildman–Crippen LogP) is 2.52. The second-order valence-corrected chi connectivity index (χ2v) is 7.97. The predicted molar refractivity (Wildman–Crippen MR) is 102 cm³/mol. The van der Waals surface area contributed by atoms with Gasteiger partial charge in [0.25, 0.3) is 5.91 Å². The molecule has 0 bridgehead atoms. The summed E-state index contributed by atoms with van der Waals surface area (Å²) in [6.45, 7) is 6.41. The number of aryl methyl sites for hydroxylation is 2. The van der Waals surface area contributed by atoms with Crippen LogP contribution < -0.4 is 0 Å². The van der Waals surface area contributed by atoms with Crippen molar-refractivity contribution in [3.8, 4) is 0 Å². The fourth-order valence-corrected chi connectivity index (χ4v) is 4.32. The molecule has 3 heterocycles. The first-order chi connectivity index (χ1) is 12.5. The number of hydrogen-bond donors (Lipinski definition) is 0. The topological polar surface area (TPSA) is 58.4 Å². The van der Waals surface area contributed by atoms with Crippen molar-refractivity contribution < 1.29 is 9.59 Å². The van der Waals surface area contributed by atoms with Crippen LogP contribution in [0.3, 0.4) is 0 Å². The molecule has 0 aliphatic carbocycles. The van der Waals surface area contributed by atoms with E-state index in [2.05, 4.69) is 18.1 Å². The van der Waals surface area contributed by atoms with Crippen molar-refractivity contribution in [2.45, 2.75) is 32.6 Å². The molecule has 2 aromatic rings. The third kappa shape index (κ3) is 3.98. The molecule has 0 spiro atoms. The fourth-order valence-electron chi connectivity index (χ4n) is 3.24. The average Bonchev–Trinajstić information content (AvgIpc) is 3.29. The van der Waals surface area contributed by atoms with Gasteiger partial charge in [-0.2, -0.15) is 5.10 Å². The van der Waals surface area contributed by atoms with Crippen LogP contribution in [0.4, 0.5) is 0 Å². The van der Waals surface area contributed by atoms with Crippen molar-refractivity contribution in [1.29, 1.82) is 0 Å². The molecule has 1 saturated heterocycles. The first-order valence-electron chi connectivity index (χ1n) is 9.15. The molecule has 0 radical (unpaired) electrons. The average molecular weight is 375 g/mol. The summed E-state index contributed by atoms with van der Waals surface area (Å²) < 4.78 is 1.71. The van der Waals surface area contributed by atoms with Crippen LogP contribution in [0.2, 0.25) is 0 Å². The number of carbonyl (C=O) groups is 2. The molecule has 6 nitrogen and oxygen atoms in total. The van der Waals surface area contributed by atoms with Gasteiger partial charge in [0.1, 0.15) is 0 Å². The Balaban J connectivity index is 1.56. The Morgan fingerprint density at radius 1 is 1.19 bits per heavy atom. The van der Waals surface area contributed by atoms with Crippen LogP contribution in [0.15, 0.2) is 24.5 Å². The van der Waals surface area contributed by atoms with E-state index in [1.807, 2.05) is 36.0 Å². The summed E-state index contributed by atoms with van der Waals surface area (Å²) in [6, 6.07) is 3.98. The van der Waals surface area contributed by atoms with Gasteiger partial charge in [-0.1, -0.05) is 13.3 Å². The van der Waals surface area contributed by atoms with Gasteiger partial charge in [0.2, 0.25) is 5.91 Å². The van der Waals surface area contributed by atoms with E-state index in [9.17, 15) is 9.59 Å². The largest absolute Gasteiger partial charge is 0.339 e. The third-order valence-electron chi connectivity index (χ3n) is 4.84. The maximum absolute atomic E-state index is 12.7. The number of thiophene rings is 1. The number of piperazine rings is 1. The number of nitrogens with zero attached hydrogens (tertiary/aromatic N) is 4. The molecule has 0 N–H and O–H groups in total. The lowest BCUT2D eigenvalue weighted by Crippen LogP contribution is -2.51. The van der Waals surface area contributed by atoms with Gasteiger partial charge < -0.3 is 9.80 Å². The second-order valence-electron chi connectivity index (χ2n) is 6.80. The van der Waals surface area contributed by atoms with Crippen LogP contribution in [0.1, 0.15) is 46.3 Å². The molecular weight excluding hydrogens is 348 g/mol. The van der Waals surface area contributed by atoms with Crippen LogP contribution in [-0.4, -0.2) is 57.6 Å². The monoisotopic (exact) mass is 374 g/mol. The number of rotatable bonds is 5. The van der Waals surface area contributed by atoms with Gasteiger partial charge in [-0.3, -0.25) is 14.3 Å². The highest BCUT2D eigenvalue weighted by molar-refractivity contribution is 7.14. The minimum Gasteiger partial charge on any atom is -0.339 e. The van der Waals surface area contributed by atoms with Crippen molar-refractivity contribution >= 4 is 23.2 Å². The zero-order chi connectivity index (χ0) is 18.7. The Morgan fingerprint density at radius 2 is 1.88 bits per heavy atom. The maximum atomic E-state index is 12.7. The molecule has 1 unspecified atom stereocenters. The molecule has 1 atom stereocenters. The van der Waals surface area contributed by atoms with E-state index in [-0.39, 0.29) is 17.7 Å². The normalized spacial score (nSPS) is 16.0. The molecule has 0 aromatic carbocycles. The second kappa shape index (κ2) is 8.03. The van der Waals surface area contributed by atoms with Crippen molar-refractivity contribution in [2.24, 2.45) is 7.05 Å². The van der Waals surface area contributed by atoms with Crippen LogP contribution in [0.5, 0.6) is 0 Å². The molecule has 26 heavy (non-hydrogen) atoms. The van der Waals surface area contributed by atoms with E-state index < -0.39 is 0 Å². The Morgan fingerprint density at radius 3 is 2.50 bits per heavy atom. The first-order valence-corrected chi connectivity index (χ1v) is 9.96. The Hall–Kier alpha value is -2.15. The van der Waals surface area contributed by atoms with Crippen molar-refractivity contribution in [1.82, 2.24) is 19.6 Å². The lowest BCUT2D eigenvalue weighted by Gasteiger charge is -2.35. The number of aromatic nitrogens is 2. The van der Waals surface area contributed by atoms with Gasteiger partial charge in [-0.15, -0.1) is 11.3 Å². The van der Waals surface area contributed by atoms with Gasteiger partial charge in [0.15, 0.2) is 0 Å². The first kappa shape index (κ1) is 18.6. The van der Waals surface area contributed by atoms with E-state index in [4.69, 9.17) is 0 Å². The minimum atomic E-state index is -0.208. The molecule has 2 aromatic heterocycles. The third-order valence-corrected chi connectivity index (χ3v) is 5.98. The number of carbonyl (C=O) groups excluding carboxylic acids is 2. The fraction of sp³-hybridized carbons (Fsp3) is 0.526. The number of hydrogen-bond acceptors (Lipinski definition) is 4. The highest BCUT2D eigenvalue weighted by atomic mass is 32.1. The quantitative estimate of drug-likeness (QED) is 0.808. The van der Waals surface area contributed by atoms with Crippen LogP contribution in [0.25, 0.3) is 0 Å². The van der Waals surface area contributed by atoms with Gasteiger partial charge in [-0.05, 0) is 25.5 Å². The zero-order valence-corrected chi connectivity index (χ0v) is 16.5. The van der Waals surface area contributed by atoms with Gasteiger partial charge in [-0.25, -0.2) is 0 Å². The van der Waals surface area contributed by atoms with E-state index in [1.54, 1.807) is 22.2 Å². The van der Waals surface area contributed by atoms with Crippen molar-refractivity contribution in [3.63, 3.8) is 0 Å². The summed E-state index contributed by atoms with van der Waals surface area (Å²) in [5, 5.41) is 4.14. The SMILES string of the molecule is CCCc1ccc(C(=O)N2CCN(C(=O)C(C)c3cnn(C)c3)CC2)s1. The van der Waals surface area contributed by atoms with E-state index >= 15 is 0 Å². The van der Waals surface area contributed by atoms with Gasteiger partial charge >= 0.3 is 0 Å². The van der Waals surface area contributed by atoms with Crippen molar-refractivity contribution in [2.75, 3.05) is 26.2 Å². The molecular formula is C19H26N4O2S. The van der Waals surface area contributed by atoms with Crippen LogP contribution in [-0.2, 0) is 18.3 Å². The minimum absolute atomic E-state index is 0.0877. The Kier molecular flexibility index (Phi) is 5.76. The molecule has 3 rings (SSSR count). The lowest BCUT2D eigenvalue weighted by molar-refractivity contribution is -0.133. The van der Waals surface area contributed by atoms with Gasteiger partial charge in [0.05, 0.1) is 17.0 Å².